The summed E-state index contributed by atoms with van der Waals surface area (Å²) in [5.74, 6) is 0.564. The number of halogens is 3. The van der Waals surface area contributed by atoms with Gasteiger partial charge in [-0.25, -0.2) is 4.98 Å². The molecule has 1 saturated heterocycles. The molecule has 2 aliphatic rings. The van der Waals surface area contributed by atoms with Crippen LogP contribution in [0.15, 0.2) is 48.7 Å². The summed E-state index contributed by atoms with van der Waals surface area (Å²) in [4.78, 5) is 25.6. The summed E-state index contributed by atoms with van der Waals surface area (Å²) >= 11 is 1.35. The number of thiophene rings is 1. The molecule has 35 heavy (non-hydrogen) atoms. The largest absolute Gasteiger partial charge is 0.573 e. The van der Waals surface area contributed by atoms with Crippen LogP contribution in [0.3, 0.4) is 0 Å². The number of ether oxygens (including phenoxy) is 1. The zero-order valence-corrected chi connectivity index (χ0v) is 20.2. The second-order valence-corrected chi connectivity index (χ2v) is 10.0. The van der Waals surface area contributed by atoms with Gasteiger partial charge in [0.05, 0.1) is 16.8 Å². The molecule has 1 atom stereocenters. The average Bonchev–Trinajstić information content (AvgIpc) is 3.47. The first-order valence-corrected chi connectivity index (χ1v) is 12.2. The van der Waals surface area contributed by atoms with Gasteiger partial charge in [0.2, 0.25) is 0 Å². The van der Waals surface area contributed by atoms with Crippen LogP contribution in [-0.4, -0.2) is 61.9 Å². The minimum atomic E-state index is -4.73. The Labute approximate surface area is 205 Å². The number of benzene rings is 1. The first kappa shape index (κ1) is 23.6. The van der Waals surface area contributed by atoms with Gasteiger partial charge in [0.1, 0.15) is 11.6 Å². The van der Waals surface area contributed by atoms with Gasteiger partial charge in [-0.2, -0.15) is 0 Å². The molecule has 1 fully saturated rings. The number of likely N-dealkylation sites (N-methyl/N-ethyl adjacent to an activating group) is 1. The number of aromatic nitrogens is 1. The molecule has 3 aromatic rings. The smallest absolute Gasteiger partial charge is 0.406 e. The van der Waals surface area contributed by atoms with Crippen molar-refractivity contribution in [3.63, 3.8) is 0 Å². The van der Waals surface area contributed by atoms with Crippen LogP contribution >= 0.6 is 11.3 Å². The van der Waals surface area contributed by atoms with Crippen molar-refractivity contribution >= 4 is 28.7 Å². The molecule has 0 N–H and O–H groups in total. The fraction of sp³-hybridized carbons (Fsp3) is 0.360. The van der Waals surface area contributed by atoms with Gasteiger partial charge in [-0.3, -0.25) is 4.79 Å². The van der Waals surface area contributed by atoms with Gasteiger partial charge in [-0.1, -0.05) is 0 Å². The summed E-state index contributed by atoms with van der Waals surface area (Å²) in [7, 11) is 4.18. The molecular formula is C25H25F3N4O2S. The lowest BCUT2D eigenvalue weighted by Gasteiger charge is -2.27. The van der Waals surface area contributed by atoms with Crippen LogP contribution in [0.1, 0.15) is 21.7 Å². The number of nitrogens with zero attached hydrogens (tertiary/aromatic N) is 4. The summed E-state index contributed by atoms with van der Waals surface area (Å²) < 4.78 is 41.2. The summed E-state index contributed by atoms with van der Waals surface area (Å²) in [6.07, 6.45) is -1.17. The Kier molecular flexibility index (Phi) is 6.18. The number of alkyl halides is 3. The molecule has 0 unspecified atom stereocenters. The van der Waals surface area contributed by atoms with E-state index >= 15 is 0 Å². The van der Waals surface area contributed by atoms with Crippen molar-refractivity contribution in [3.05, 3.63) is 59.1 Å². The van der Waals surface area contributed by atoms with Crippen molar-refractivity contribution in [2.45, 2.75) is 25.2 Å². The van der Waals surface area contributed by atoms with Crippen molar-refractivity contribution in [2.75, 3.05) is 43.5 Å². The number of hydrogen-bond donors (Lipinski definition) is 0. The third-order valence-electron chi connectivity index (χ3n) is 6.49. The number of rotatable bonds is 5. The molecule has 184 valence electrons. The van der Waals surface area contributed by atoms with Crippen LogP contribution in [-0.2, 0) is 6.42 Å². The van der Waals surface area contributed by atoms with E-state index in [4.69, 9.17) is 0 Å². The van der Waals surface area contributed by atoms with E-state index in [1.807, 2.05) is 18.2 Å². The molecule has 2 aromatic heterocycles. The van der Waals surface area contributed by atoms with Gasteiger partial charge in [-0.15, -0.1) is 24.5 Å². The minimum Gasteiger partial charge on any atom is -0.406 e. The highest BCUT2D eigenvalue weighted by atomic mass is 32.1. The monoisotopic (exact) mass is 502 g/mol. The zero-order chi connectivity index (χ0) is 24.7. The molecule has 1 aromatic carbocycles. The lowest BCUT2D eigenvalue weighted by atomic mass is 10.1. The number of pyridine rings is 1. The number of anilines is 2. The first-order chi connectivity index (χ1) is 16.7. The first-order valence-electron chi connectivity index (χ1n) is 11.4. The summed E-state index contributed by atoms with van der Waals surface area (Å²) in [5, 5.41) is 0. The molecule has 0 saturated carbocycles. The van der Waals surface area contributed by atoms with E-state index in [1.165, 1.54) is 23.5 Å². The average molecular weight is 503 g/mol. The maximum absolute atomic E-state index is 13.3. The Morgan fingerprint density at radius 2 is 1.89 bits per heavy atom. The zero-order valence-electron chi connectivity index (χ0n) is 19.4. The second-order valence-electron chi connectivity index (χ2n) is 8.97. The molecule has 0 spiro atoms. The Hall–Kier alpha value is -3.11. The van der Waals surface area contributed by atoms with E-state index < -0.39 is 6.36 Å². The molecule has 4 heterocycles. The maximum atomic E-state index is 13.3. The van der Waals surface area contributed by atoms with Gasteiger partial charge in [-0.05, 0) is 80.5 Å². The third kappa shape index (κ3) is 4.99. The highest BCUT2D eigenvalue weighted by Gasteiger charge is 2.32. The van der Waals surface area contributed by atoms with Crippen molar-refractivity contribution in [2.24, 2.45) is 0 Å². The lowest BCUT2D eigenvalue weighted by Crippen LogP contribution is -2.36. The molecule has 10 heteroatoms. The van der Waals surface area contributed by atoms with Crippen LogP contribution in [0, 0.1) is 0 Å². The Bertz CT molecular complexity index is 1210. The lowest BCUT2D eigenvalue weighted by molar-refractivity contribution is -0.274. The summed E-state index contributed by atoms with van der Waals surface area (Å²) in [6.45, 7) is 2.45. The van der Waals surface area contributed by atoms with Crippen LogP contribution in [0.4, 0.5) is 24.7 Å². The second kappa shape index (κ2) is 9.16. The number of amides is 1. The number of carbonyl (C=O) groups excluding carboxylic acids is 1. The topological polar surface area (TPSA) is 48.9 Å². The fourth-order valence-corrected chi connectivity index (χ4v) is 5.72. The van der Waals surface area contributed by atoms with Crippen LogP contribution in [0.5, 0.6) is 5.75 Å². The van der Waals surface area contributed by atoms with E-state index in [1.54, 1.807) is 23.2 Å². The minimum absolute atomic E-state index is 0.0806. The van der Waals surface area contributed by atoms with Crippen LogP contribution in [0.25, 0.3) is 10.4 Å². The van der Waals surface area contributed by atoms with E-state index in [0.717, 1.165) is 47.0 Å². The van der Waals surface area contributed by atoms with Gasteiger partial charge < -0.3 is 19.4 Å². The number of hydrogen-bond acceptors (Lipinski definition) is 6. The standard InChI is InChI=1S/C25H25F3N4O2S/c1-30(2)19-10-11-31(15-19)22-8-5-18(14-29-22)32-12-9-17-13-21(35-23(17)24(32)33)16-3-6-20(7-4-16)34-25(26,27)28/h3-8,13-14,19H,9-12,15H2,1-2H3/t19-/m1/s1. The molecular weight excluding hydrogens is 477 g/mol. The number of fused-ring (bicyclic) bond motifs is 1. The highest BCUT2D eigenvalue weighted by molar-refractivity contribution is 7.17. The third-order valence-corrected chi connectivity index (χ3v) is 7.70. The van der Waals surface area contributed by atoms with Crippen LogP contribution < -0.4 is 14.5 Å². The molecule has 6 nitrogen and oxygen atoms in total. The van der Waals surface area contributed by atoms with E-state index in [0.29, 0.717) is 23.9 Å². The number of carbonyl (C=O) groups is 1. The maximum Gasteiger partial charge on any atom is 0.573 e. The normalized spacial score (nSPS) is 18.3. The van der Waals surface area contributed by atoms with Gasteiger partial charge in [0, 0.05) is 30.6 Å². The van der Waals surface area contributed by atoms with Crippen LogP contribution in [0.2, 0.25) is 0 Å². The molecule has 0 aliphatic carbocycles. The van der Waals surface area contributed by atoms with E-state index in [9.17, 15) is 18.0 Å². The molecule has 0 bridgehead atoms. The SMILES string of the molecule is CN(C)[C@@H]1CCN(c2ccc(N3CCc4cc(-c5ccc(OC(F)(F)F)cc5)sc4C3=O)cn2)C1. The van der Waals surface area contributed by atoms with Gasteiger partial charge >= 0.3 is 6.36 Å². The Balaban J connectivity index is 1.30. The highest BCUT2D eigenvalue weighted by Crippen LogP contribution is 2.37. The molecule has 1 amide bonds. The predicted molar refractivity (Wildman–Crippen MR) is 130 cm³/mol. The molecule has 2 aliphatic heterocycles. The predicted octanol–water partition coefficient (Wildman–Crippen LogP) is 5.05. The summed E-state index contributed by atoms with van der Waals surface area (Å²) in [5.41, 5.74) is 2.46. The van der Waals surface area contributed by atoms with E-state index in [-0.39, 0.29) is 11.7 Å². The quantitative estimate of drug-likeness (QED) is 0.489. The van der Waals surface area contributed by atoms with E-state index in [2.05, 4.69) is 33.6 Å². The van der Waals surface area contributed by atoms with Crippen molar-refractivity contribution in [1.82, 2.24) is 9.88 Å². The molecule has 0 radical (unpaired) electrons. The Morgan fingerprint density at radius 1 is 1.11 bits per heavy atom. The van der Waals surface area contributed by atoms with Crippen molar-refractivity contribution in [3.8, 4) is 16.2 Å². The summed E-state index contributed by atoms with van der Waals surface area (Å²) in [6, 6.07) is 12.1. The van der Waals surface area contributed by atoms with Gasteiger partial charge in [0.25, 0.3) is 5.91 Å². The fourth-order valence-electron chi connectivity index (χ4n) is 4.56. The van der Waals surface area contributed by atoms with Gasteiger partial charge in [0.15, 0.2) is 0 Å². The van der Waals surface area contributed by atoms with Crippen molar-refractivity contribution in [1.29, 1.82) is 0 Å². The Morgan fingerprint density at radius 3 is 2.51 bits per heavy atom. The van der Waals surface area contributed by atoms with Crippen molar-refractivity contribution < 1.29 is 22.7 Å². The molecule has 5 rings (SSSR count).